The van der Waals surface area contributed by atoms with Crippen molar-refractivity contribution in [3.63, 3.8) is 0 Å². The number of nitrogens with one attached hydrogen (secondary N) is 1. The summed E-state index contributed by atoms with van der Waals surface area (Å²) < 4.78 is 0. The number of hydrogen-bond donors (Lipinski definition) is 2. The molecule has 1 atom stereocenters. The Hall–Kier alpha value is -0.0800. The zero-order valence-electron chi connectivity index (χ0n) is 13.1. The standard InChI is InChI=1S/C17H36N2/c1-2-3-4-5-6-11-14-17(19-18)15-16-12-9-7-8-10-13-16/h16-17,19H,2-15,18H2,1H3. The first-order chi connectivity index (χ1) is 9.36. The van der Waals surface area contributed by atoms with Gasteiger partial charge >= 0.3 is 0 Å². The summed E-state index contributed by atoms with van der Waals surface area (Å²) in [5, 5.41) is 0. The fourth-order valence-corrected chi connectivity index (χ4v) is 3.44. The molecule has 2 heteroatoms. The Morgan fingerprint density at radius 3 is 2.21 bits per heavy atom. The van der Waals surface area contributed by atoms with E-state index in [1.165, 1.54) is 89.9 Å². The van der Waals surface area contributed by atoms with Crippen LogP contribution in [0, 0.1) is 5.92 Å². The van der Waals surface area contributed by atoms with Crippen molar-refractivity contribution in [3.05, 3.63) is 0 Å². The van der Waals surface area contributed by atoms with Crippen LogP contribution in [-0.2, 0) is 0 Å². The van der Waals surface area contributed by atoms with Gasteiger partial charge in [-0.05, 0) is 18.8 Å². The lowest BCUT2D eigenvalue weighted by atomic mass is 9.90. The molecule has 1 rings (SSSR count). The van der Waals surface area contributed by atoms with Gasteiger partial charge in [-0.1, -0.05) is 84.0 Å². The van der Waals surface area contributed by atoms with E-state index in [1.54, 1.807) is 0 Å². The van der Waals surface area contributed by atoms with Gasteiger partial charge in [0.25, 0.3) is 0 Å². The van der Waals surface area contributed by atoms with Crippen molar-refractivity contribution < 1.29 is 0 Å². The van der Waals surface area contributed by atoms with E-state index < -0.39 is 0 Å². The maximum atomic E-state index is 5.74. The molecule has 0 spiro atoms. The quantitative estimate of drug-likeness (QED) is 0.255. The average molecular weight is 268 g/mol. The normalized spacial score (nSPS) is 19.3. The predicted octanol–water partition coefficient (Wildman–Crippen LogP) is 4.93. The van der Waals surface area contributed by atoms with Crippen LogP contribution in [-0.4, -0.2) is 6.04 Å². The minimum atomic E-state index is 0.564. The van der Waals surface area contributed by atoms with Gasteiger partial charge in [0.05, 0.1) is 0 Å². The van der Waals surface area contributed by atoms with E-state index in [2.05, 4.69) is 12.3 Å². The maximum absolute atomic E-state index is 5.74. The molecule has 19 heavy (non-hydrogen) atoms. The lowest BCUT2D eigenvalue weighted by Gasteiger charge is -2.22. The van der Waals surface area contributed by atoms with Gasteiger partial charge in [0.1, 0.15) is 0 Å². The highest BCUT2D eigenvalue weighted by atomic mass is 15.2. The van der Waals surface area contributed by atoms with Gasteiger partial charge in [-0.2, -0.15) is 0 Å². The lowest BCUT2D eigenvalue weighted by Crippen LogP contribution is -2.36. The summed E-state index contributed by atoms with van der Waals surface area (Å²) in [6.07, 6.45) is 19.6. The molecular weight excluding hydrogens is 232 g/mol. The van der Waals surface area contributed by atoms with E-state index in [-0.39, 0.29) is 0 Å². The van der Waals surface area contributed by atoms with E-state index in [0.717, 1.165) is 5.92 Å². The molecule has 1 aliphatic rings. The molecule has 1 aliphatic carbocycles. The highest BCUT2D eigenvalue weighted by molar-refractivity contribution is 4.72. The Labute approximate surface area is 120 Å². The molecule has 3 N–H and O–H groups in total. The average Bonchev–Trinajstić information content (AvgIpc) is 2.70. The van der Waals surface area contributed by atoms with Gasteiger partial charge in [0.2, 0.25) is 0 Å². The fraction of sp³-hybridized carbons (Fsp3) is 1.00. The summed E-state index contributed by atoms with van der Waals surface area (Å²) >= 11 is 0. The Bertz CT molecular complexity index is 186. The van der Waals surface area contributed by atoms with Crippen molar-refractivity contribution in [2.45, 2.75) is 103 Å². The lowest BCUT2D eigenvalue weighted by molar-refractivity contribution is 0.335. The van der Waals surface area contributed by atoms with Crippen LogP contribution in [0.2, 0.25) is 0 Å². The third kappa shape index (κ3) is 8.65. The summed E-state index contributed by atoms with van der Waals surface area (Å²) in [5.74, 6) is 6.68. The Morgan fingerprint density at radius 2 is 1.58 bits per heavy atom. The third-order valence-electron chi connectivity index (χ3n) is 4.73. The molecule has 0 aromatic carbocycles. The summed E-state index contributed by atoms with van der Waals surface area (Å²) in [7, 11) is 0. The first kappa shape index (κ1) is 17.0. The second kappa shape index (κ2) is 11.7. The summed E-state index contributed by atoms with van der Waals surface area (Å²) in [5.41, 5.74) is 3.07. The van der Waals surface area contributed by atoms with Gasteiger partial charge in [0, 0.05) is 6.04 Å². The second-order valence-corrected chi connectivity index (χ2v) is 6.51. The van der Waals surface area contributed by atoms with Crippen LogP contribution in [0.4, 0.5) is 0 Å². The van der Waals surface area contributed by atoms with E-state index in [0.29, 0.717) is 6.04 Å². The van der Waals surface area contributed by atoms with Crippen LogP contribution in [0.5, 0.6) is 0 Å². The topological polar surface area (TPSA) is 38.0 Å². The molecule has 1 fully saturated rings. The number of nitrogens with two attached hydrogens (primary N) is 1. The Morgan fingerprint density at radius 1 is 0.947 bits per heavy atom. The molecule has 0 radical (unpaired) electrons. The Balaban J connectivity index is 2.07. The van der Waals surface area contributed by atoms with Gasteiger partial charge < -0.3 is 0 Å². The molecule has 0 bridgehead atoms. The highest BCUT2D eigenvalue weighted by Crippen LogP contribution is 2.27. The number of rotatable bonds is 10. The number of hydrogen-bond acceptors (Lipinski definition) is 2. The van der Waals surface area contributed by atoms with Gasteiger partial charge in [-0.3, -0.25) is 11.3 Å². The van der Waals surface area contributed by atoms with Crippen molar-refractivity contribution in [2.75, 3.05) is 0 Å². The van der Waals surface area contributed by atoms with Crippen molar-refractivity contribution in [1.29, 1.82) is 0 Å². The number of unbranched alkanes of at least 4 members (excludes halogenated alkanes) is 5. The molecule has 114 valence electrons. The SMILES string of the molecule is CCCCCCCCC(CC1CCCCCC1)NN. The van der Waals surface area contributed by atoms with Crippen LogP contribution in [0.15, 0.2) is 0 Å². The van der Waals surface area contributed by atoms with E-state index in [4.69, 9.17) is 5.84 Å². The van der Waals surface area contributed by atoms with Gasteiger partial charge in [-0.25, -0.2) is 0 Å². The van der Waals surface area contributed by atoms with Crippen LogP contribution < -0.4 is 11.3 Å². The monoisotopic (exact) mass is 268 g/mol. The molecule has 0 aromatic rings. The van der Waals surface area contributed by atoms with Crippen LogP contribution >= 0.6 is 0 Å². The first-order valence-corrected chi connectivity index (χ1v) is 8.83. The summed E-state index contributed by atoms with van der Waals surface area (Å²) in [6.45, 7) is 2.28. The van der Waals surface area contributed by atoms with Crippen LogP contribution in [0.1, 0.15) is 96.8 Å². The van der Waals surface area contributed by atoms with Crippen LogP contribution in [0.3, 0.4) is 0 Å². The molecular formula is C17H36N2. The van der Waals surface area contributed by atoms with E-state index in [9.17, 15) is 0 Å². The summed E-state index contributed by atoms with van der Waals surface area (Å²) in [4.78, 5) is 0. The van der Waals surface area contributed by atoms with Crippen molar-refractivity contribution in [3.8, 4) is 0 Å². The van der Waals surface area contributed by atoms with E-state index in [1.807, 2.05) is 0 Å². The molecule has 0 aliphatic heterocycles. The third-order valence-corrected chi connectivity index (χ3v) is 4.73. The zero-order chi connectivity index (χ0) is 13.8. The molecule has 0 heterocycles. The molecule has 0 saturated heterocycles. The molecule has 1 saturated carbocycles. The smallest absolute Gasteiger partial charge is 0.0213 e. The highest BCUT2D eigenvalue weighted by Gasteiger charge is 2.17. The predicted molar refractivity (Wildman–Crippen MR) is 84.9 cm³/mol. The number of hydrazine groups is 1. The zero-order valence-corrected chi connectivity index (χ0v) is 13.1. The minimum Gasteiger partial charge on any atom is -0.271 e. The van der Waals surface area contributed by atoms with Gasteiger partial charge in [-0.15, -0.1) is 0 Å². The summed E-state index contributed by atoms with van der Waals surface area (Å²) in [6, 6.07) is 0.564. The molecule has 0 aromatic heterocycles. The maximum Gasteiger partial charge on any atom is 0.0213 e. The van der Waals surface area contributed by atoms with E-state index >= 15 is 0 Å². The minimum absolute atomic E-state index is 0.564. The molecule has 0 amide bonds. The fourth-order valence-electron chi connectivity index (χ4n) is 3.44. The van der Waals surface area contributed by atoms with Gasteiger partial charge in [0.15, 0.2) is 0 Å². The van der Waals surface area contributed by atoms with Crippen molar-refractivity contribution in [2.24, 2.45) is 11.8 Å². The van der Waals surface area contributed by atoms with Crippen LogP contribution in [0.25, 0.3) is 0 Å². The second-order valence-electron chi connectivity index (χ2n) is 6.51. The Kier molecular flexibility index (Phi) is 10.5. The first-order valence-electron chi connectivity index (χ1n) is 8.83. The van der Waals surface area contributed by atoms with Crippen molar-refractivity contribution in [1.82, 2.24) is 5.43 Å². The van der Waals surface area contributed by atoms with Crippen molar-refractivity contribution >= 4 is 0 Å². The molecule has 2 nitrogen and oxygen atoms in total. The largest absolute Gasteiger partial charge is 0.271 e. The molecule has 1 unspecified atom stereocenters.